The molecular formula is C15H9BrFNO2S. The minimum atomic E-state index is -1.01. The summed E-state index contributed by atoms with van der Waals surface area (Å²) in [5.74, 6) is -1.01. The monoisotopic (exact) mass is 365 g/mol. The molecule has 0 saturated carbocycles. The van der Waals surface area contributed by atoms with Gasteiger partial charge in [0, 0.05) is 15.1 Å². The predicted octanol–water partition coefficient (Wildman–Crippen LogP) is 4.45. The lowest BCUT2D eigenvalue weighted by molar-refractivity contribution is 0.0695. The lowest BCUT2D eigenvalue weighted by Gasteiger charge is -2.05. The third-order valence-corrected chi connectivity index (χ3v) is 4.42. The third kappa shape index (κ3) is 4.06. The Labute approximate surface area is 133 Å². The summed E-state index contributed by atoms with van der Waals surface area (Å²) >= 11 is 4.56. The summed E-state index contributed by atoms with van der Waals surface area (Å²) in [5.41, 5.74) is 1.13. The van der Waals surface area contributed by atoms with Gasteiger partial charge in [-0.05, 0) is 57.9 Å². The second-order valence-electron chi connectivity index (χ2n) is 4.20. The average Bonchev–Trinajstić information content (AvgIpc) is 2.45. The van der Waals surface area contributed by atoms with Crippen LogP contribution in [0.2, 0.25) is 0 Å². The van der Waals surface area contributed by atoms with E-state index in [0.717, 1.165) is 4.90 Å². The highest BCUT2D eigenvalue weighted by Crippen LogP contribution is 2.28. The smallest absolute Gasteiger partial charge is 0.336 e. The van der Waals surface area contributed by atoms with Crippen molar-refractivity contribution in [3.8, 4) is 6.07 Å². The average molecular weight is 366 g/mol. The van der Waals surface area contributed by atoms with Gasteiger partial charge in [-0.3, -0.25) is 0 Å². The summed E-state index contributed by atoms with van der Waals surface area (Å²) in [4.78, 5) is 11.8. The van der Waals surface area contributed by atoms with Crippen LogP contribution in [0.5, 0.6) is 0 Å². The van der Waals surface area contributed by atoms with Crippen LogP contribution < -0.4 is 0 Å². The number of aromatic carboxylic acids is 1. The molecule has 2 aromatic carbocycles. The molecule has 0 saturated heterocycles. The van der Waals surface area contributed by atoms with E-state index >= 15 is 0 Å². The van der Waals surface area contributed by atoms with Crippen LogP contribution >= 0.6 is 27.7 Å². The largest absolute Gasteiger partial charge is 0.478 e. The lowest BCUT2D eigenvalue weighted by Crippen LogP contribution is -1.97. The maximum atomic E-state index is 13.3. The van der Waals surface area contributed by atoms with Gasteiger partial charge in [-0.15, -0.1) is 11.8 Å². The Bertz CT molecular complexity index is 743. The molecule has 0 unspecified atom stereocenters. The van der Waals surface area contributed by atoms with Crippen LogP contribution in [0.1, 0.15) is 21.5 Å². The Balaban J connectivity index is 2.17. The molecule has 0 spiro atoms. The number of nitrogens with zero attached hydrogens (tertiary/aromatic N) is 1. The van der Waals surface area contributed by atoms with Gasteiger partial charge in [0.2, 0.25) is 0 Å². The Kier molecular flexibility index (Phi) is 4.99. The maximum Gasteiger partial charge on any atom is 0.336 e. The maximum absolute atomic E-state index is 13.3. The summed E-state index contributed by atoms with van der Waals surface area (Å²) in [6, 6.07) is 11.1. The molecule has 0 radical (unpaired) electrons. The van der Waals surface area contributed by atoms with Gasteiger partial charge in [-0.1, -0.05) is 0 Å². The number of hydrogen-bond acceptors (Lipinski definition) is 3. The number of benzene rings is 2. The number of carbonyl (C=O) groups is 1. The van der Waals surface area contributed by atoms with Gasteiger partial charge in [0.25, 0.3) is 0 Å². The Hall–Kier alpha value is -1.84. The number of thioether (sulfide) groups is 1. The molecule has 0 amide bonds. The molecule has 0 bridgehead atoms. The second-order valence-corrected chi connectivity index (χ2v) is 6.10. The van der Waals surface area contributed by atoms with Crippen molar-refractivity contribution in [2.45, 2.75) is 10.6 Å². The van der Waals surface area contributed by atoms with E-state index in [1.54, 1.807) is 24.3 Å². The molecule has 21 heavy (non-hydrogen) atoms. The van der Waals surface area contributed by atoms with Crippen molar-refractivity contribution in [3.05, 3.63) is 63.4 Å². The minimum Gasteiger partial charge on any atom is -0.478 e. The van der Waals surface area contributed by atoms with Gasteiger partial charge in [-0.25, -0.2) is 9.18 Å². The fourth-order valence-corrected chi connectivity index (χ4v) is 3.00. The highest BCUT2D eigenvalue weighted by atomic mass is 79.9. The second kappa shape index (κ2) is 6.74. The molecule has 0 aliphatic carbocycles. The summed E-state index contributed by atoms with van der Waals surface area (Å²) in [6.45, 7) is 0. The first-order valence-corrected chi connectivity index (χ1v) is 7.62. The molecule has 0 fully saturated rings. The van der Waals surface area contributed by atoms with Crippen molar-refractivity contribution in [1.82, 2.24) is 0 Å². The highest BCUT2D eigenvalue weighted by molar-refractivity contribution is 9.10. The first-order valence-electron chi connectivity index (χ1n) is 5.85. The van der Waals surface area contributed by atoms with E-state index in [0.29, 0.717) is 15.8 Å². The lowest BCUT2D eigenvalue weighted by atomic mass is 10.1. The molecule has 0 aliphatic heterocycles. The molecule has 0 atom stereocenters. The first-order chi connectivity index (χ1) is 9.99. The molecule has 2 rings (SSSR count). The Morgan fingerprint density at radius 3 is 2.76 bits per heavy atom. The van der Waals surface area contributed by atoms with E-state index in [-0.39, 0.29) is 11.1 Å². The quantitative estimate of drug-likeness (QED) is 0.813. The number of carboxylic acids is 1. The van der Waals surface area contributed by atoms with E-state index < -0.39 is 11.8 Å². The van der Waals surface area contributed by atoms with Crippen molar-refractivity contribution in [2.75, 3.05) is 0 Å². The number of carboxylic acid groups (broad SMARTS) is 1. The van der Waals surface area contributed by atoms with Crippen LogP contribution in [-0.2, 0) is 5.75 Å². The molecular weight excluding hydrogens is 357 g/mol. The van der Waals surface area contributed by atoms with E-state index in [9.17, 15) is 9.18 Å². The van der Waals surface area contributed by atoms with Gasteiger partial charge in [0.15, 0.2) is 0 Å². The van der Waals surface area contributed by atoms with Crippen LogP contribution in [0.25, 0.3) is 0 Å². The standard InChI is InChI=1S/C15H9BrFNO2S/c16-14-2-1-12(6-13(14)15(19)20)21-8-10-3-9(7-18)4-11(17)5-10/h1-6H,8H2,(H,19,20). The molecule has 1 N–H and O–H groups in total. The van der Waals surface area contributed by atoms with Crippen LogP contribution in [0.4, 0.5) is 4.39 Å². The number of rotatable bonds is 4. The molecule has 0 heterocycles. The van der Waals surface area contributed by atoms with Crippen LogP contribution in [-0.4, -0.2) is 11.1 Å². The van der Waals surface area contributed by atoms with Gasteiger partial charge in [0.05, 0.1) is 17.2 Å². The summed E-state index contributed by atoms with van der Waals surface area (Å²) in [6.07, 6.45) is 0. The van der Waals surface area contributed by atoms with Crippen molar-refractivity contribution < 1.29 is 14.3 Å². The van der Waals surface area contributed by atoms with E-state index in [4.69, 9.17) is 10.4 Å². The zero-order valence-corrected chi connectivity index (χ0v) is 13.0. The van der Waals surface area contributed by atoms with Crippen LogP contribution in [0, 0.1) is 17.1 Å². The van der Waals surface area contributed by atoms with Gasteiger partial charge in [0.1, 0.15) is 5.82 Å². The fraction of sp³-hybridized carbons (Fsp3) is 0.0667. The van der Waals surface area contributed by atoms with Crippen LogP contribution in [0.3, 0.4) is 0 Å². The Morgan fingerprint density at radius 2 is 2.10 bits per heavy atom. The highest BCUT2D eigenvalue weighted by Gasteiger charge is 2.09. The summed E-state index contributed by atoms with van der Waals surface area (Å²) < 4.78 is 13.8. The fourth-order valence-electron chi connectivity index (χ4n) is 1.72. The Morgan fingerprint density at radius 1 is 1.33 bits per heavy atom. The normalized spacial score (nSPS) is 10.1. The van der Waals surface area contributed by atoms with Crippen molar-refractivity contribution in [2.24, 2.45) is 0 Å². The summed E-state index contributed by atoms with van der Waals surface area (Å²) in [5, 5.41) is 17.9. The van der Waals surface area contributed by atoms with Gasteiger partial charge >= 0.3 is 5.97 Å². The third-order valence-electron chi connectivity index (χ3n) is 2.66. The van der Waals surface area contributed by atoms with Crippen molar-refractivity contribution in [1.29, 1.82) is 5.26 Å². The molecule has 2 aromatic rings. The van der Waals surface area contributed by atoms with Crippen molar-refractivity contribution in [3.63, 3.8) is 0 Å². The van der Waals surface area contributed by atoms with E-state index in [1.165, 1.54) is 23.9 Å². The molecule has 6 heteroatoms. The van der Waals surface area contributed by atoms with E-state index in [2.05, 4.69) is 15.9 Å². The van der Waals surface area contributed by atoms with Gasteiger partial charge < -0.3 is 5.11 Å². The first kappa shape index (κ1) is 15.5. The van der Waals surface area contributed by atoms with E-state index in [1.807, 2.05) is 6.07 Å². The topological polar surface area (TPSA) is 61.1 Å². The van der Waals surface area contributed by atoms with Gasteiger partial charge in [-0.2, -0.15) is 5.26 Å². The van der Waals surface area contributed by atoms with Crippen molar-refractivity contribution >= 4 is 33.7 Å². The zero-order chi connectivity index (χ0) is 15.4. The van der Waals surface area contributed by atoms with Crippen LogP contribution in [0.15, 0.2) is 45.8 Å². The molecule has 0 aliphatic rings. The predicted molar refractivity (Wildman–Crippen MR) is 81.8 cm³/mol. The summed E-state index contributed by atoms with van der Waals surface area (Å²) in [7, 11) is 0. The minimum absolute atomic E-state index is 0.178. The molecule has 0 aromatic heterocycles. The zero-order valence-electron chi connectivity index (χ0n) is 10.6. The molecule has 3 nitrogen and oxygen atoms in total. The number of nitriles is 1. The number of hydrogen-bond donors (Lipinski definition) is 1. The molecule has 106 valence electrons. The SMILES string of the molecule is N#Cc1cc(F)cc(CSc2ccc(Br)c(C(=O)O)c2)c1. The number of halogens is 2.